The van der Waals surface area contributed by atoms with Crippen molar-refractivity contribution in [2.45, 2.75) is 32.7 Å². The Morgan fingerprint density at radius 2 is 1.83 bits per heavy atom. The number of aryl methyl sites for hydroxylation is 1. The van der Waals surface area contributed by atoms with Crippen molar-refractivity contribution >= 4 is 11.6 Å². The van der Waals surface area contributed by atoms with Crippen molar-refractivity contribution in [2.24, 2.45) is 4.99 Å². The number of pyridine rings is 1. The van der Waals surface area contributed by atoms with Gasteiger partial charge in [-0.25, -0.2) is 0 Å². The summed E-state index contributed by atoms with van der Waals surface area (Å²) in [5.74, 6) is 0.0710. The molecule has 0 saturated carbocycles. The monoisotopic (exact) mass is 311 g/mol. The summed E-state index contributed by atoms with van der Waals surface area (Å²) in [6.07, 6.45) is 2.99. The molecule has 2 rings (SSSR count). The van der Waals surface area contributed by atoms with E-state index in [1.807, 2.05) is 46.1 Å². The molecule has 0 N–H and O–H groups in total. The Balaban J connectivity index is 2.08. The highest BCUT2D eigenvalue weighted by atomic mass is 16.2. The molecule has 122 valence electrons. The van der Waals surface area contributed by atoms with Gasteiger partial charge in [0.2, 0.25) is 5.91 Å². The number of nitrogens with zero attached hydrogens (tertiary/aromatic N) is 3. The molecule has 0 saturated heterocycles. The molecular formula is C19H25N3O. The molecule has 0 aliphatic carbocycles. The van der Waals surface area contributed by atoms with Gasteiger partial charge in [-0.05, 0) is 50.1 Å². The number of carbonyl (C=O) groups is 1. The molecule has 0 fully saturated rings. The molecule has 23 heavy (non-hydrogen) atoms. The van der Waals surface area contributed by atoms with Crippen LogP contribution in [-0.2, 0) is 6.42 Å². The molecule has 1 aromatic heterocycles. The lowest BCUT2D eigenvalue weighted by Gasteiger charge is -2.12. The first-order valence-corrected chi connectivity index (χ1v) is 7.98. The smallest absolute Gasteiger partial charge is 0.232 e. The van der Waals surface area contributed by atoms with Gasteiger partial charge in [0, 0.05) is 38.4 Å². The van der Waals surface area contributed by atoms with E-state index in [4.69, 9.17) is 0 Å². The molecule has 1 aromatic carbocycles. The lowest BCUT2D eigenvalue weighted by Crippen LogP contribution is -2.27. The second-order valence-electron chi connectivity index (χ2n) is 6.11. The van der Waals surface area contributed by atoms with Gasteiger partial charge in [0.1, 0.15) is 5.49 Å². The fourth-order valence-electron chi connectivity index (χ4n) is 2.35. The van der Waals surface area contributed by atoms with E-state index in [9.17, 15) is 4.79 Å². The van der Waals surface area contributed by atoms with Gasteiger partial charge in [-0.15, -0.1) is 0 Å². The van der Waals surface area contributed by atoms with E-state index < -0.39 is 0 Å². The minimum absolute atomic E-state index is 0.0710. The summed E-state index contributed by atoms with van der Waals surface area (Å²) in [6.45, 7) is 4.02. The standard InChI is InChI=1S/C19H25N3O/c1-15(2)20-18-7-5-6-14-22(18)19(23)13-10-16-8-11-17(12-9-16)21(3)4/h5-9,11-12,14-15H,10,13H2,1-4H3. The van der Waals surface area contributed by atoms with Crippen molar-refractivity contribution in [1.82, 2.24) is 4.57 Å². The maximum Gasteiger partial charge on any atom is 0.232 e. The maximum absolute atomic E-state index is 12.5. The van der Waals surface area contributed by atoms with Gasteiger partial charge >= 0.3 is 0 Å². The van der Waals surface area contributed by atoms with Crippen molar-refractivity contribution in [3.63, 3.8) is 0 Å². The van der Waals surface area contributed by atoms with E-state index in [1.54, 1.807) is 10.8 Å². The molecule has 4 heteroatoms. The number of carbonyl (C=O) groups excluding carboxylic acids is 1. The van der Waals surface area contributed by atoms with E-state index in [0.717, 1.165) is 17.6 Å². The van der Waals surface area contributed by atoms with Crippen LogP contribution >= 0.6 is 0 Å². The molecule has 0 unspecified atom stereocenters. The Kier molecular flexibility index (Phi) is 5.74. The molecule has 2 aromatic rings. The highest BCUT2D eigenvalue weighted by Gasteiger charge is 2.06. The molecule has 0 aliphatic rings. The first-order chi connectivity index (χ1) is 11.0. The lowest BCUT2D eigenvalue weighted by molar-refractivity contribution is 0.0897. The predicted octanol–water partition coefficient (Wildman–Crippen LogP) is 3.14. The van der Waals surface area contributed by atoms with Crippen LogP contribution in [0, 0.1) is 0 Å². The minimum atomic E-state index is 0.0710. The van der Waals surface area contributed by atoms with Crippen LogP contribution in [0.2, 0.25) is 0 Å². The second kappa shape index (κ2) is 7.77. The van der Waals surface area contributed by atoms with Crippen LogP contribution in [0.1, 0.15) is 30.6 Å². The SMILES string of the molecule is CC(C)N=c1ccccn1C(=O)CCc1ccc(N(C)C)cc1. The zero-order chi connectivity index (χ0) is 16.8. The zero-order valence-electron chi connectivity index (χ0n) is 14.4. The number of rotatable bonds is 5. The molecule has 1 heterocycles. The first kappa shape index (κ1) is 17.0. The van der Waals surface area contributed by atoms with Crippen molar-refractivity contribution in [2.75, 3.05) is 19.0 Å². The van der Waals surface area contributed by atoms with Crippen LogP contribution in [0.5, 0.6) is 0 Å². The Bertz CT molecular complexity index is 712. The topological polar surface area (TPSA) is 37.6 Å². The summed E-state index contributed by atoms with van der Waals surface area (Å²) in [4.78, 5) is 19.1. The summed E-state index contributed by atoms with van der Waals surface area (Å²) in [5.41, 5.74) is 3.05. The van der Waals surface area contributed by atoms with E-state index >= 15 is 0 Å². The van der Waals surface area contributed by atoms with Crippen molar-refractivity contribution in [3.8, 4) is 0 Å². The Morgan fingerprint density at radius 3 is 2.43 bits per heavy atom. The van der Waals surface area contributed by atoms with Crippen LogP contribution in [-0.4, -0.2) is 30.6 Å². The van der Waals surface area contributed by atoms with Gasteiger partial charge in [0.25, 0.3) is 0 Å². The quantitative estimate of drug-likeness (QED) is 0.851. The lowest BCUT2D eigenvalue weighted by atomic mass is 10.1. The van der Waals surface area contributed by atoms with Crippen LogP contribution in [0.4, 0.5) is 5.69 Å². The third kappa shape index (κ3) is 4.81. The van der Waals surface area contributed by atoms with Crippen molar-refractivity contribution in [1.29, 1.82) is 0 Å². The van der Waals surface area contributed by atoms with Gasteiger partial charge in [-0.3, -0.25) is 14.4 Å². The Hall–Kier alpha value is -2.36. The third-order valence-corrected chi connectivity index (χ3v) is 3.58. The van der Waals surface area contributed by atoms with Gasteiger partial charge in [-0.2, -0.15) is 0 Å². The van der Waals surface area contributed by atoms with E-state index in [0.29, 0.717) is 6.42 Å². The van der Waals surface area contributed by atoms with Crippen LogP contribution in [0.3, 0.4) is 0 Å². The fraction of sp³-hybridized carbons (Fsp3) is 0.368. The molecule has 0 spiro atoms. The average Bonchev–Trinajstić information content (AvgIpc) is 2.53. The average molecular weight is 311 g/mol. The van der Waals surface area contributed by atoms with Crippen LogP contribution in [0.25, 0.3) is 0 Å². The molecule has 0 amide bonds. The van der Waals surface area contributed by atoms with E-state index in [2.05, 4.69) is 34.2 Å². The number of anilines is 1. The first-order valence-electron chi connectivity index (χ1n) is 7.98. The van der Waals surface area contributed by atoms with Gasteiger partial charge in [0.15, 0.2) is 0 Å². The fourth-order valence-corrected chi connectivity index (χ4v) is 2.35. The van der Waals surface area contributed by atoms with Crippen molar-refractivity contribution < 1.29 is 4.79 Å². The van der Waals surface area contributed by atoms with Gasteiger partial charge in [-0.1, -0.05) is 18.2 Å². The van der Waals surface area contributed by atoms with Crippen LogP contribution in [0.15, 0.2) is 53.7 Å². The number of hydrogen-bond acceptors (Lipinski definition) is 3. The molecule has 0 bridgehead atoms. The highest BCUT2D eigenvalue weighted by molar-refractivity contribution is 5.78. The van der Waals surface area contributed by atoms with Gasteiger partial charge in [0.05, 0.1) is 0 Å². The zero-order valence-corrected chi connectivity index (χ0v) is 14.4. The predicted molar refractivity (Wildman–Crippen MR) is 94.8 cm³/mol. The summed E-state index contributed by atoms with van der Waals surface area (Å²) in [7, 11) is 4.04. The van der Waals surface area contributed by atoms with Gasteiger partial charge < -0.3 is 4.90 Å². The summed E-state index contributed by atoms with van der Waals surface area (Å²) in [5, 5.41) is 0. The molecule has 0 atom stereocenters. The largest absolute Gasteiger partial charge is 0.378 e. The highest BCUT2D eigenvalue weighted by Crippen LogP contribution is 2.13. The summed E-state index contributed by atoms with van der Waals surface area (Å²) in [6, 6.07) is 14.1. The normalized spacial score (nSPS) is 11.8. The summed E-state index contributed by atoms with van der Waals surface area (Å²) < 4.78 is 1.65. The maximum atomic E-state index is 12.5. The molecule has 0 aliphatic heterocycles. The number of hydrogen-bond donors (Lipinski definition) is 0. The number of benzene rings is 1. The molecule has 0 radical (unpaired) electrons. The molecule has 4 nitrogen and oxygen atoms in total. The molecular weight excluding hydrogens is 286 g/mol. The second-order valence-corrected chi connectivity index (χ2v) is 6.11. The summed E-state index contributed by atoms with van der Waals surface area (Å²) >= 11 is 0. The Morgan fingerprint density at radius 1 is 1.13 bits per heavy atom. The van der Waals surface area contributed by atoms with Crippen molar-refractivity contribution in [3.05, 3.63) is 59.7 Å². The van der Waals surface area contributed by atoms with E-state index in [-0.39, 0.29) is 11.9 Å². The third-order valence-electron chi connectivity index (χ3n) is 3.58. The minimum Gasteiger partial charge on any atom is -0.378 e. The number of aromatic nitrogens is 1. The van der Waals surface area contributed by atoms with E-state index in [1.165, 1.54) is 5.56 Å². The van der Waals surface area contributed by atoms with Crippen LogP contribution < -0.4 is 10.4 Å². The Labute approximate surface area is 138 Å².